The second-order valence-corrected chi connectivity index (χ2v) is 6.41. The van der Waals surface area contributed by atoms with E-state index in [9.17, 15) is 9.18 Å². The predicted octanol–water partition coefficient (Wildman–Crippen LogP) is 3.71. The van der Waals surface area contributed by atoms with Gasteiger partial charge in [-0.2, -0.15) is 4.99 Å². The van der Waals surface area contributed by atoms with E-state index in [4.69, 9.17) is 4.74 Å². The van der Waals surface area contributed by atoms with Crippen molar-refractivity contribution in [3.63, 3.8) is 0 Å². The first-order chi connectivity index (χ1) is 12.1. The Morgan fingerprint density at radius 1 is 1.36 bits per heavy atom. The van der Waals surface area contributed by atoms with Gasteiger partial charge in [-0.3, -0.25) is 4.79 Å². The summed E-state index contributed by atoms with van der Waals surface area (Å²) in [6.07, 6.45) is 1.81. The SMILES string of the molecule is C=CCn1c(=NC(=O)Cc2cccc(OC)c2)sc2cccc(F)c21. The third-order valence-corrected chi connectivity index (χ3v) is 4.72. The summed E-state index contributed by atoms with van der Waals surface area (Å²) < 4.78 is 21.7. The van der Waals surface area contributed by atoms with Gasteiger partial charge < -0.3 is 9.30 Å². The molecule has 1 heterocycles. The number of carbonyl (C=O) groups excluding carboxylic acids is 1. The molecular weight excluding hydrogens is 339 g/mol. The normalized spacial score (nSPS) is 11.7. The van der Waals surface area contributed by atoms with Crippen LogP contribution in [-0.2, 0) is 17.8 Å². The molecule has 128 valence electrons. The number of hydrogen-bond donors (Lipinski definition) is 0. The number of rotatable bonds is 5. The highest BCUT2D eigenvalue weighted by Gasteiger charge is 2.11. The van der Waals surface area contributed by atoms with Crippen LogP contribution >= 0.6 is 11.3 Å². The van der Waals surface area contributed by atoms with Crippen molar-refractivity contribution < 1.29 is 13.9 Å². The zero-order valence-electron chi connectivity index (χ0n) is 13.7. The summed E-state index contributed by atoms with van der Waals surface area (Å²) in [7, 11) is 1.58. The topological polar surface area (TPSA) is 43.6 Å². The Morgan fingerprint density at radius 3 is 2.92 bits per heavy atom. The first-order valence-corrected chi connectivity index (χ1v) is 8.53. The lowest BCUT2D eigenvalue weighted by molar-refractivity contribution is -0.117. The number of aromatic nitrogens is 1. The van der Waals surface area contributed by atoms with Gasteiger partial charge in [0.1, 0.15) is 11.6 Å². The molecule has 25 heavy (non-hydrogen) atoms. The Morgan fingerprint density at radius 2 is 2.16 bits per heavy atom. The van der Waals surface area contributed by atoms with Crippen molar-refractivity contribution in [1.82, 2.24) is 4.57 Å². The lowest BCUT2D eigenvalue weighted by Gasteiger charge is -2.03. The number of benzene rings is 2. The maximum absolute atomic E-state index is 14.2. The van der Waals surface area contributed by atoms with Crippen molar-refractivity contribution in [2.75, 3.05) is 7.11 Å². The van der Waals surface area contributed by atoms with Crippen LogP contribution in [0.3, 0.4) is 0 Å². The molecule has 0 atom stereocenters. The molecule has 3 rings (SSSR count). The van der Waals surface area contributed by atoms with E-state index in [0.717, 1.165) is 10.3 Å². The van der Waals surface area contributed by atoms with Crippen molar-refractivity contribution in [3.8, 4) is 5.75 Å². The molecule has 0 aliphatic rings. The van der Waals surface area contributed by atoms with E-state index in [0.29, 0.717) is 22.6 Å². The summed E-state index contributed by atoms with van der Waals surface area (Å²) in [5.74, 6) is 0.0614. The molecule has 0 bridgehead atoms. The summed E-state index contributed by atoms with van der Waals surface area (Å²) in [5, 5.41) is 0. The number of carbonyl (C=O) groups is 1. The van der Waals surface area contributed by atoms with Gasteiger partial charge in [0.2, 0.25) is 0 Å². The minimum atomic E-state index is -0.336. The number of hydrogen-bond acceptors (Lipinski definition) is 3. The standard InChI is InChI=1S/C19H17FN2O2S/c1-3-10-22-18-15(20)8-5-9-16(18)25-19(22)21-17(23)12-13-6-4-7-14(11-13)24-2/h3-9,11H,1,10,12H2,2H3. The third kappa shape index (κ3) is 3.69. The number of para-hydroxylation sites is 1. The molecule has 0 saturated carbocycles. The van der Waals surface area contributed by atoms with Crippen LogP contribution in [0.15, 0.2) is 60.1 Å². The van der Waals surface area contributed by atoms with Crippen LogP contribution in [0.2, 0.25) is 0 Å². The quantitative estimate of drug-likeness (QED) is 0.654. The van der Waals surface area contributed by atoms with E-state index < -0.39 is 0 Å². The molecule has 4 nitrogen and oxygen atoms in total. The second-order valence-electron chi connectivity index (χ2n) is 5.40. The first kappa shape index (κ1) is 17.1. The molecule has 0 aliphatic carbocycles. The highest BCUT2D eigenvalue weighted by molar-refractivity contribution is 7.16. The largest absolute Gasteiger partial charge is 0.497 e. The number of halogens is 1. The zero-order valence-corrected chi connectivity index (χ0v) is 14.6. The molecule has 3 aromatic rings. The fourth-order valence-electron chi connectivity index (χ4n) is 2.57. The molecule has 1 amide bonds. The van der Waals surface area contributed by atoms with Crippen molar-refractivity contribution in [1.29, 1.82) is 0 Å². The van der Waals surface area contributed by atoms with Gasteiger partial charge in [0.05, 0.1) is 23.7 Å². The van der Waals surface area contributed by atoms with Crippen LogP contribution in [0, 0.1) is 5.82 Å². The summed E-state index contributed by atoms with van der Waals surface area (Å²) in [5.41, 5.74) is 1.26. The smallest absolute Gasteiger partial charge is 0.252 e. The first-order valence-electron chi connectivity index (χ1n) is 7.71. The van der Waals surface area contributed by atoms with E-state index in [1.54, 1.807) is 29.9 Å². The van der Waals surface area contributed by atoms with Gasteiger partial charge in [-0.05, 0) is 29.8 Å². The molecule has 0 aliphatic heterocycles. The maximum Gasteiger partial charge on any atom is 0.252 e. The number of fused-ring (bicyclic) bond motifs is 1. The molecule has 1 aromatic heterocycles. The van der Waals surface area contributed by atoms with E-state index in [-0.39, 0.29) is 18.1 Å². The lowest BCUT2D eigenvalue weighted by atomic mass is 10.1. The molecule has 0 radical (unpaired) electrons. The van der Waals surface area contributed by atoms with Gasteiger partial charge in [0.15, 0.2) is 4.80 Å². The summed E-state index contributed by atoms with van der Waals surface area (Å²) in [6.45, 7) is 4.08. The van der Waals surface area contributed by atoms with Crippen LogP contribution in [0.25, 0.3) is 10.2 Å². The highest BCUT2D eigenvalue weighted by Crippen LogP contribution is 2.20. The molecule has 0 unspecified atom stereocenters. The minimum Gasteiger partial charge on any atom is -0.497 e. The Kier molecular flexibility index (Phi) is 5.09. The third-order valence-electron chi connectivity index (χ3n) is 3.67. The Hall–Kier alpha value is -2.73. The Balaban J connectivity index is 1.99. The van der Waals surface area contributed by atoms with Crippen LogP contribution in [-0.4, -0.2) is 17.6 Å². The van der Waals surface area contributed by atoms with Crippen molar-refractivity contribution >= 4 is 27.5 Å². The predicted molar refractivity (Wildman–Crippen MR) is 97.2 cm³/mol. The molecular formula is C19H17FN2O2S. The van der Waals surface area contributed by atoms with E-state index >= 15 is 0 Å². The van der Waals surface area contributed by atoms with Gasteiger partial charge in [0, 0.05) is 6.54 Å². The van der Waals surface area contributed by atoms with Crippen molar-refractivity contribution in [3.05, 3.63) is 71.3 Å². The maximum atomic E-state index is 14.2. The molecule has 2 aromatic carbocycles. The van der Waals surface area contributed by atoms with Crippen LogP contribution < -0.4 is 9.54 Å². The van der Waals surface area contributed by atoms with Gasteiger partial charge in [0.25, 0.3) is 5.91 Å². The molecule has 0 saturated heterocycles. The number of nitrogens with zero attached hydrogens (tertiary/aromatic N) is 2. The van der Waals surface area contributed by atoms with Crippen LogP contribution in [0.1, 0.15) is 5.56 Å². The van der Waals surface area contributed by atoms with Crippen LogP contribution in [0.4, 0.5) is 4.39 Å². The molecule has 0 N–H and O–H groups in total. The summed E-state index contributed by atoms with van der Waals surface area (Å²) >= 11 is 1.29. The van der Waals surface area contributed by atoms with E-state index in [1.807, 2.05) is 24.3 Å². The van der Waals surface area contributed by atoms with Crippen LogP contribution in [0.5, 0.6) is 5.75 Å². The second kappa shape index (κ2) is 7.44. The van der Waals surface area contributed by atoms with Gasteiger partial charge in [-0.1, -0.05) is 35.6 Å². The van der Waals surface area contributed by atoms with Gasteiger partial charge >= 0.3 is 0 Å². The van der Waals surface area contributed by atoms with Gasteiger partial charge in [-0.15, -0.1) is 6.58 Å². The highest BCUT2D eigenvalue weighted by atomic mass is 32.1. The van der Waals surface area contributed by atoms with E-state index in [1.165, 1.54) is 17.4 Å². The Labute approximate surface area is 148 Å². The molecule has 6 heteroatoms. The number of allylic oxidation sites excluding steroid dienone is 1. The molecule has 0 fully saturated rings. The van der Waals surface area contributed by atoms with Crippen molar-refractivity contribution in [2.45, 2.75) is 13.0 Å². The fraction of sp³-hybridized carbons (Fsp3) is 0.158. The van der Waals surface area contributed by atoms with Crippen molar-refractivity contribution in [2.24, 2.45) is 4.99 Å². The number of methoxy groups -OCH3 is 1. The summed E-state index contributed by atoms with van der Waals surface area (Å²) in [6, 6.07) is 12.2. The van der Waals surface area contributed by atoms with Gasteiger partial charge in [-0.25, -0.2) is 4.39 Å². The number of ether oxygens (including phenoxy) is 1. The number of thiazole rings is 1. The number of amides is 1. The monoisotopic (exact) mass is 356 g/mol. The fourth-order valence-corrected chi connectivity index (χ4v) is 3.64. The Bertz CT molecular complexity index is 1000. The minimum absolute atomic E-state index is 0.155. The zero-order chi connectivity index (χ0) is 17.8. The average molecular weight is 356 g/mol. The molecule has 0 spiro atoms. The average Bonchev–Trinajstić information content (AvgIpc) is 2.94. The van der Waals surface area contributed by atoms with E-state index in [2.05, 4.69) is 11.6 Å². The summed E-state index contributed by atoms with van der Waals surface area (Å²) in [4.78, 5) is 17.0. The lowest BCUT2D eigenvalue weighted by Crippen LogP contribution is -2.17.